The largest absolute Gasteiger partial charge is 0.496 e. The molecule has 0 radical (unpaired) electrons. The summed E-state index contributed by atoms with van der Waals surface area (Å²) in [5.74, 6) is 1.33. The number of benzene rings is 1. The minimum Gasteiger partial charge on any atom is -0.496 e. The van der Waals surface area contributed by atoms with Gasteiger partial charge < -0.3 is 9.30 Å². The van der Waals surface area contributed by atoms with E-state index >= 15 is 0 Å². The Morgan fingerprint density at radius 3 is 2.44 bits per heavy atom. The van der Waals surface area contributed by atoms with Gasteiger partial charge in [-0.15, -0.1) is 0 Å². The van der Waals surface area contributed by atoms with Crippen LogP contribution in [0.3, 0.4) is 0 Å². The minimum atomic E-state index is -0.398. The molecule has 0 N–H and O–H groups in total. The fourth-order valence-electron chi connectivity index (χ4n) is 2.64. The van der Waals surface area contributed by atoms with Crippen LogP contribution in [0.15, 0.2) is 32.3 Å². The van der Waals surface area contributed by atoms with Crippen LogP contribution in [0.2, 0.25) is 0 Å². The van der Waals surface area contributed by atoms with Gasteiger partial charge in [-0.05, 0) is 39.7 Å². The highest BCUT2D eigenvalue weighted by molar-refractivity contribution is 9.10. The van der Waals surface area contributed by atoms with Gasteiger partial charge >= 0.3 is 5.69 Å². The number of hydrogen-bond acceptors (Lipinski definition) is 4. The maximum atomic E-state index is 12.4. The van der Waals surface area contributed by atoms with Crippen LogP contribution in [0.5, 0.6) is 5.75 Å². The molecule has 0 saturated carbocycles. The van der Waals surface area contributed by atoms with E-state index in [1.165, 1.54) is 11.6 Å². The van der Waals surface area contributed by atoms with E-state index in [-0.39, 0.29) is 5.56 Å². The van der Waals surface area contributed by atoms with E-state index in [0.717, 1.165) is 20.4 Å². The third-order valence-corrected chi connectivity index (χ3v) is 4.73. The van der Waals surface area contributed by atoms with Crippen LogP contribution in [0, 0.1) is 0 Å². The Labute approximate surface area is 151 Å². The Morgan fingerprint density at radius 2 is 1.80 bits per heavy atom. The molecule has 0 aliphatic heterocycles. The molecule has 3 aromatic rings. The summed E-state index contributed by atoms with van der Waals surface area (Å²) in [6.07, 6.45) is 3.69. The summed E-state index contributed by atoms with van der Waals surface area (Å²) in [6.45, 7) is 0. The average molecular weight is 405 g/mol. The SMILES string of the molecule is COc1ccc(C=Cc2nc3c(c(=O)n(C)c(=O)n3C)n2C)cc1Br. The van der Waals surface area contributed by atoms with E-state index in [0.29, 0.717) is 17.0 Å². The highest BCUT2D eigenvalue weighted by Gasteiger charge is 2.15. The van der Waals surface area contributed by atoms with Gasteiger partial charge in [0.1, 0.15) is 11.6 Å². The Kier molecular flexibility index (Phi) is 4.38. The van der Waals surface area contributed by atoms with Gasteiger partial charge in [0, 0.05) is 21.1 Å². The zero-order chi connectivity index (χ0) is 18.3. The van der Waals surface area contributed by atoms with Crippen molar-refractivity contribution >= 4 is 39.2 Å². The molecule has 0 aliphatic rings. The number of rotatable bonds is 3. The van der Waals surface area contributed by atoms with Crippen molar-refractivity contribution in [3.63, 3.8) is 0 Å². The van der Waals surface area contributed by atoms with E-state index in [1.807, 2.05) is 24.3 Å². The zero-order valence-electron chi connectivity index (χ0n) is 14.3. The summed E-state index contributed by atoms with van der Waals surface area (Å²) in [4.78, 5) is 28.8. The Bertz CT molecular complexity index is 1120. The van der Waals surface area contributed by atoms with Crippen LogP contribution >= 0.6 is 15.9 Å². The summed E-state index contributed by atoms with van der Waals surface area (Å²) in [7, 11) is 6.43. The summed E-state index contributed by atoms with van der Waals surface area (Å²) in [5.41, 5.74) is 0.943. The first-order valence-corrected chi connectivity index (χ1v) is 8.28. The number of aromatic nitrogens is 4. The summed E-state index contributed by atoms with van der Waals surface area (Å²) < 4.78 is 10.2. The molecule has 3 rings (SSSR count). The maximum Gasteiger partial charge on any atom is 0.332 e. The number of fused-ring (bicyclic) bond motifs is 1. The van der Waals surface area contributed by atoms with Gasteiger partial charge in [-0.3, -0.25) is 13.9 Å². The lowest BCUT2D eigenvalue weighted by molar-refractivity contribution is 0.412. The fourth-order valence-corrected chi connectivity index (χ4v) is 3.20. The number of halogens is 1. The molecular weight excluding hydrogens is 388 g/mol. The van der Waals surface area contributed by atoms with Gasteiger partial charge in [-0.1, -0.05) is 12.1 Å². The standard InChI is InChI=1S/C17H17BrN4O3/c1-20-13(8-6-10-5-7-12(25-4)11(18)9-10)19-15-14(20)16(23)22(3)17(24)21(15)2/h5-9H,1-4H3. The fraction of sp³-hybridized carbons (Fsp3) is 0.235. The Balaban J connectivity index is 2.11. The Morgan fingerprint density at radius 1 is 1.08 bits per heavy atom. The van der Waals surface area contributed by atoms with Gasteiger partial charge in [0.25, 0.3) is 5.56 Å². The van der Waals surface area contributed by atoms with Crippen molar-refractivity contribution in [2.45, 2.75) is 0 Å². The third kappa shape index (κ3) is 2.82. The number of nitrogens with zero attached hydrogens (tertiary/aromatic N) is 4. The van der Waals surface area contributed by atoms with Crippen molar-refractivity contribution in [3.8, 4) is 5.75 Å². The van der Waals surface area contributed by atoms with Gasteiger partial charge in [0.05, 0.1) is 11.6 Å². The van der Waals surface area contributed by atoms with E-state index < -0.39 is 5.69 Å². The quantitative estimate of drug-likeness (QED) is 0.668. The number of ether oxygens (including phenoxy) is 1. The zero-order valence-corrected chi connectivity index (χ0v) is 15.9. The molecule has 0 unspecified atom stereocenters. The average Bonchev–Trinajstić information content (AvgIpc) is 2.93. The number of methoxy groups -OCH3 is 1. The predicted molar refractivity (Wildman–Crippen MR) is 101 cm³/mol. The lowest BCUT2D eigenvalue weighted by Gasteiger charge is -2.03. The molecule has 0 saturated heterocycles. The molecule has 2 heterocycles. The van der Waals surface area contributed by atoms with Crippen LogP contribution in [0.4, 0.5) is 0 Å². The summed E-state index contributed by atoms with van der Waals surface area (Å²) in [6, 6.07) is 5.70. The van der Waals surface area contributed by atoms with Gasteiger partial charge in [-0.25, -0.2) is 9.78 Å². The van der Waals surface area contributed by atoms with Crippen molar-refractivity contribution in [2.24, 2.45) is 21.1 Å². The van der Waals surface area contributed by atoms with Crippen molar-refractivity contribution in [2.75, 3.05) is 7.11 Å². The molecule has 0 bridgehead atoms. The van der Waals surface area contributed by atoms with Crippen LogP contribution < -0.4 is 16.0 Å². The molecular formula is C17H17BrN4O3. The van der Waals surface area contributed by atoms with Crippen molar-refractivity contribution in [3.05, 3.63) is 54.9 Å². The molecule has 8 heteroatoms. The molecule has 0 fully saturated rings. The van der Waals surface area contributed by atoms with Gasteiger partial charge in [0.2, 0.25) is 0 Å². The van der Waals surface area contributed by atoms with E-state index in [1.54, 1.807) is 31.8 Å². The van der Waals surface area contributed by atoms with E-state index in [4.69, 9.17) is 4.74 Å². The molecule has 0 aliphatic carbocycles. The monoisotopic (exact) mass is 404 g/mol. The third-order valence-electron chi connectivity index (χ3n) is 4.11. The Hall–Kier alpha value is -2.61. The van der Waals surface area contributed by atoms with Gasteiger partial charge in [0.15, 0.2) is 11.2 Å². The molecule has 0 amide bonds. The first-order chi connectivity index (χ1) is 11.8. The van der Waals surface area contributed by atoms with Crippen molar-refractivity contribution in [1.29, 1.82) is 0 Å². The molecule has 0 atom stereocenters. The molecule has 2 aromatic heterocycles. The molecule has 0 spiro atoms. The highest BCUT2D eigenvalue weighted by atomic mass is 79.9. The minimum absolute atomic E-state index is 0.361. The van der Waals surface area contributed by atoms with Crippen LogP contribution in [0.1, 0.15) is 11.4 Å². The second-order valence-corrected chi connectivity index (χ2v) is 6.49. The molecule has 1 aromatic carbocycles. The lowest BCUT2D eigenvalue weighted by Crippen LogP contribution is -2.37. The van der Waals surface area contributed by atoms with E-state index in [2.05, 4.69) is 20.9 Å². The number of aryl methyl sites for hydroxylation is 2. The number of imidazole rings is 1. The normalized spacial score (nSPS) is 11.6. The first-order valence-electron chi connectivity index (χ1n) is 7.49. The van der Waals surface area contributed by atoms with Crippen LogP contribution in [-0.2, 0) is 21.1 Å². The second kappa shape index (κ2) is 6.36. The molecule has 7 nitrogen and oxygen atoms in total. The van der Waals surface area contributed by atoms with Crippen LogP contribution in [0.25, 0.3) is 23.3 Å². The summed E-state index contributed by atoms with van der Waals surface area (Å²) in [5, 5.41) is 0. The lowest BCUT2D eigenvalue weighted by atomic mass is 10.2. The smallest absolute Gasteiger partial charge is 0.332 e. The predicted octanol–water partition coefficient (Wildman–Crippen LogP) is 1.91. The number of hydrogen-bond donors (Lipinski definition) is 0. The van der Waals surface area contributed by atoms with Crippen molar-refractivity contribution in [1.82, 2.24) is 18.7 Å². The highest BCUT2D eigenvalue weighted by Crippen LogP contribution is 2.26. The maximum absolute atomic E-state index is 12.4. The molecule has 25 heavy (non-hydrogen) atoms. The topological polar surface area (TPSA) is 71.1 Å². The summed E-state index contributed by atoms with van der Waals surface area (Å²) >= 11 is 3.45. The first kappa shape index (κ1) is 17.2. The van der Waals surface area contributed by atoms with Gasteiger partial charge in [-0.2, -0.15) is 0 Å². The van der Waals surface area contributed by atoms with E-state index in [9.17, 15) is 9.59 Å². The molecule has 130 valence electrons. The second-order valence-electron chi connectivity index (χ2n) is 5.63. The van der Waals surface area contributed by atoms with Crippen LogP contribution in [-0.4, -0.2) is 25.8 Å². The van der Waals surface area contributed by atoms with Crippen molar-refractivity contribution < 1.29 is 4.74 Å².